The van der Waals surface area contributed by atoms with Crippen LogP contribution in [0.15, 0.2) is 29.2 Å². The predicted octanol–water partition coefficient (Wildman–Crippen LogP) is 2.54. The lowest BCUT2D eigenvalue weighted by atomic mass is 10.2. The molecular weight excluding hydrogens is 206 g/mol. The van der Waals surface area contributed by atoms with Crippen molar-refractivity contribution in [2.45, 2.75) is 23.0 Å². The molecule has 1 heterocycles. The molecule has 1 aromatic rings. The van der Waals surface area contributed by atoms with Crippen molar-refractivity contribution >= 4 is 11.8 Å². The van der Waals surface area contributed by atoms with Gasteiger partial charge in [0, 0.05) is 16.7 Å². The fourth-order valence-electron chi connectivity index (χ4n) is 1.82. The topological polar surface area (TPSA) is 21.3 Å². The molecule has 0 bridgehead atoms. The summed E-state index contributed by atoms with van der Waals surface area (Å²) in [5.74, 6) is 0.994. The molecule has 0 aromatic heterocycles. The molecule has 0 amide bonds. The van der Waals surface area contributed by atoms with Crippen LogP contribution in [-0.4, -0.2) is 25.4 Å². The van der Waals surface area contributed by atoms with E-state index in [1.165, 1.54) is 24.3 Å². The van der Waals surface area contributed by atoms with Crippen LogP contribution in [0.25, 0.3) is 0 Å². The van der Waals surface area contributed by atoms with Gasteiger partial charge in [0.25, 0.3) is 0 Å². The van der Waals surface area contributed by atoms with Crippen LogP contribution in [-0.2, 0) is 0 Å². The van der Waals surface area contributed by atoms with Crippen LogP contribution in [0.2, 0.25) is 0 Å². The molecule has 82 valence electrons. The first-order chi connectivity index (χ1) is 7.40. The Bertz CT molecular complexity index is 310. The molecule has 1 fully saturated rings. The van der Waals surface area contributed by atoms with Crippen LogP contribution in [0.3, 0.4) is 0 Å². The van der Waals surface area contributed by atoms with Gasteiger partial charge < -0.3 is 10.1 Å². The van der Waals surface area contributed by atoms with Gasteiger partial charge in [-0.25, -0.2) is 0 Å². The molecule has 0 saturated carbocycles. The van der Waals surface area contributed by atoms with Crippen LogP contribution in [0, 0.1) is 0 Å². The van der Waals surface area contributed by atoms with Crippen molar-refractivity contribution in [2.24, 2.45) is 0 Å². The quantitative estimate of drug-likeness (QED) is 0.851. The van der Waals surface area contributed by atoms with Gasteiger partial charge in [0.1, 0.15) is 5.75 Å². The average Bonchev–Trinajstić information content (AvgIpc) is 2.31. The third-order valence-corrected chi connectivity index (χ3v) is 3.94. The van der Waals surface area contributed by atoms with Crippen molar-refractivity contribution in [1.82, 2.24) is 5.32 Å². The van der Waals surface area contributed by atoms with Crippen molar-refractivity contribution < 1.29 is 4.74 Å². The number of thioether (sulfide) groups is 1. The first kappa shape index (κ1) is 10.8. The smallest absolute Gasteiger partial charge is 0.132 e. The molecule has 1 unspecified atom stereocenters. The molecule has 1 saturated heterocycles. The maximum absolute atomic E-state index is 5.35. The molecule has 1 atom stereocenters. The van der Waals surface area contributed by atoms with Gasteiger partial charge in [0.05, 0.1) is 7.11 Å². The summed E-state index contributed by atoms with van der Waals surface area (Å²) < 4.78 is 5.35. The van der Waals surface area contributed by atoms with E-state index in [-0.39, 0.29) is 0 Å². The van der Waals surface area contributed by atoms with E-state index in [0.717, 1.165) is 12.3 Å². The second kappa shape index (κ2) is 5.42. The van der Waals surface area contributed by atoms with Crippen molar-refractivity contribution in [2.75, 3.05) is 20.2 Å². The number of methoxy groups -OCH3 is 1. The molecule has 1 aliphatic rings. The summed E-state index contributed by atoms with van der Waals surface area (Å²) in [5.41, 5.74) is 0. The summed E-state index contributed by atoms with van der Waals surface area (Å²) in [5, 5.41) is 4.12. The minimum absolute atomic E-state index is 0.690. The van der Waals surface area contributed by atoms with Gasteiger partial charge in [-0.3, -0.25) is 0 Å². The highest BCUT2D eigenvalue weighted by atomic mass is 32.2. The monoisotopic (exact) mass is 223 g/mol. The predicted molar refractivity (Wildman–Crippen MR) is 64.7 cm³/mol. The van der Waals surface area contributed by atoms with Gasteiger partial charge in [0.15, 0.2) is 0 Å². The number of piperidine rings is 1. The Kier molecular flexibility index (Phi) is 3.92. The molecule has 3 heteroatoms. The molecule has 0 radical (unpaired) electrons. The van der Waals surface area contributed by atoms with Gasteiger partial charge in [-0.05, 0) is 31.5 Å². The normalized spacial score (nSPS) is 21.3. The molecule has 1 N–H and O–H groups in total. The van der Waals surface area contributed by atoms with Crippen molar-refractivity contribution in [1.29, 1.82) is 0 Å². The number of hydrogen-bond acceptors (Lipinski definition) is 3. The molecule has 0 spiro atoms. The third kappa shape index (κ3) is 2.89. The lowest BCUT2D eigenvalue weighted by Crippen LogP contribution is -2.31. The second-order valence-electron chi connectivity index (χ2n) is 3.74. The summed E-state index contributed by atoms with van der Waals surface area (Å²) in [6.45, 7) is 2.28. The number of rotatable bonds is 3. The minimum Gasteiger partial charge on any atom is -0.496 e. The summed E-state index contributed by atoms with van der Waals surface area (Å²) in [6.07, 6.45) is 2.59. The van der Waals surface area contributed by atoms with E-state index in [1.807, 2.05) is 23.9 Å². The fourth-order valence-corrected chi connectivity index (χ4v) is 3.09. The Balaban J connectivity index is 2.02. The third-order valence-electron chi connectivity index (χ3n) is 2.61. The Morgan fingerprint density at radius 1 is 1.40 bits per heavy atom. The van der Waals surface area contributed by atoms with Gasteiger partial charge in [-0.1, -0.05) is 12.1 Å². The molecule has 1 aromatic carbocycles. The second-order valence-corrected chi connectivity index (χ2v) is 5.08. The van der Waals surface area contributed by atoms with E-state index in [0.29, 0.717) is 5.25 Å². The zero-order valence-electron chi connectivity index (χ0n) is 9.03. The highest BCUT2D eigenvalue weighted by molar-refractivity contribution is 8.00. The molecule has 0 aliphatic carbocycles. The molecule has 2 rings (SSSR count). The van der Waals surface area contributed by atoms with Gasteiger partial charge in [-0.2, -0.15) is 0 Å². The Hall–Kier alpha value is -0.670. The first-order valence-corrected chi connectivity index (χ1v) is 6.28. The van der Waals surface area contributed by atoms with Gasteiger partial charge in [-0.15, -0.1) is 11.8 Å². The summed E-state index contributed by atoms with van der Waals surface area (Å²) >= 11 is 1.93. The van der Waals surface area contributed by atoms with E-state index in [2.05, 4.69) is 17.4 Å². The number of benzene rings is 1. The highest BCUT2D eigenvalue weighted by Crippen LogP contribution is 2.33. The van der Waals surface area contributed by atoms with Gasteiger partial charge >= 0.3 is 0 Å². The Morgan fingerprint density at radius 2 is 2.27 bits per heavy atom. The number of para-hydroxylation sites is 1. The lowest BCUT2D eigenvalue weighted by Gasteiger charge is -2.22. The summed E-state index contributed by atoms with van der Waals surface area (Å²) in [6, 6.07) is 8.25. The average molecular weight is 223 g/mol. The van der Waals surface area contributed by atoms with E-state index in [9.17, 15) is 0 Å². The number of ether oxygens (including phenoxy) is 1. The highest BCUT2D eigenvalue weighted by Gasteiger charge is 2.15. The zero-order valence-corrected chi connectivity index (χ0v) is 9.85. The van der Waals surface area contributed by atoms with E-state index in [1.54, 1.807) is 7.11 Å². The SMILES string of the molecule is COc1ccccc1SC1CCCNC1. The molecule has 15 heavy (non-hydrogen) atoms. The van der Waals surface area contributed by atoms with Crippen LogP contribution in [0.1, 0.15) is 12.8 Å². The first-order valence-electron chi connectivity index (χ1n) is 5.40. The van der Waals surface area contributed by atoms with Crippen LogP contribution < -0.4 is 10.1 Å². The van der Waals surface area contributed by atoms with Gasteiger partial charge in [0.2, 0.25) is 0 Å². The standard InChI is InChI=1S/C12H17NOS/c1-14-11-6-2-3-7-12(11)15-10-5-4-8-13-9-10/h2-3,6-7,10,13H,4-5,8-9H2,1H3. The maximum atomic E-state index is 5.35. The van der Waals surface area contributed by atoms with Crippen LogP contribution in [0.4, 0.5) is 0 Å². The van der Waals surface area contributed by atoms with Crippen LogP contribution in [0.5, 0.6) is 5.75 Å². The summed E-state index contributed by atoms with van der Waals surface area (Å²) in [4.78, 5) is 1.26. The van der Waals surface area contributed by atoms with E-state index in [4.69, 9.17) is 4.74 Å². The Morgan fingerprint density at radius 3 is 3.00 bits per heavy atom. The minimum atomic E-state index is 0.690. The number of hydrogen-bond donors (Lipinski definition) is 1. The largest absolute Gasteiger partial charge is 0.496 e. The molecule has 2 nitrogen and oxygen atoms in total. The fraction of sp³-hybridized carbons (Fsp3) is 0.500. The van der Waals surface area contributed by atoms with Crippen LogP contribution >= 0.6 is 11.8 Å². The molecular formula is C12H17NOS. The van der Waals surface area contributed by atoms with E-state index < -0.39 is 0 Å². The number of nitrogens with one attached hydrogen (secondary N) is 1. The summed E-state index contributed by atoms with van der Waals surface area (Å²) in [7, 11) is 1.73. The van der Waals surface area contributed by atoms with E-state index >= 15 is 0 Å². The molecule has 1 aliphatic heterocycles. The maximum Gasteiger partial charge on any atom is 0.132 e. The van der Waals surface area contributed by atoms with Crippen molar-refractivity contribution in [3.63, 3.8) is 0 Å². The lowest BCUT2D eigenvalue weighted by molar-refractivity contribution is 0.404. The Labute approximate surface area is 95.4 Å². The van der Waals surface area contributed by atoms with Crippen molar-refractivity contribution in [3.05, 3.63) is 24.3 Å². The van der Waals surface area contributed by atoms with Crippen molar-refractivity contribution in [3.8, 4) is 5.75 Å². The zero-order chi connectivity index (χ0) is 10.5.